The first kappa shape index (κ1) is 13.7. The Labute approximate surface area is 119 Å². The molecule has 4 heteroatoms. The van der Waals surface area contributed by atoms with Crippen molar-refractivity contribution in [1.82, 2.24) is 5.32 Å². The second-order valence-electron chi connectivity index (χ2n) is 6.60. The topological polar surface area (TPSA) is 72.7 Å². The summed E-state index contributed by atoms with van der Waals surface area (Å²) < 4.78 is 0. The molecule has 20 heavy (non-hydrogen) atoms. The highest BCUT2D eigenvalue weighted by atomic mass is 16.3. The zero-order valence-corrected chi connectivity index (χ0v) is 12.0. The third-order valence-electron chi connectivity index (χ3n) is 4.99. The van der Waals surface area contributed by atoms with Crippen LogP contribution in [0.15, 0.2) is 18.2 Å². The molecule has 0 aromatic heterocycles. The summed E-state index contributed by atoms with van der Waals surface area (Å²) in [6.45, 7) is 4.17. The molecule has 2 aliphatic carbocycles. The molecule has 2 aliphatic rings. The minimum Gasteiger partial charge on any atom is -0.504 e. The zero-order valence-electron chi connectivity index (χ0n) is 12.0. The van der Waals surface area contributed by atoms with Crippen LogP contribution in [-0.4, -0.2) is 27.4 Å². The highest BCUT2D eigenvalue weighted by Crippen LogP contribution is 2.56. The molecule has 2 saturated carbocycles. The smallest absolute Gasteiger partial charge is 0.157 e. The van der Waals surface area contributed by atoms with Crippen molar-refractivity contribution in [2.24, 2.45) is 11.8 Å². The van der Waals surface area contributed by atoms with Crippen molar-refractivity contribution >= 4 is 0 Å². The van der Waals surface area contributed by atoms with E-state index in [0.29, 0.717) is 17.5 Å². The molecule has 0 heterocycles. The van der Waals surface area contributed by atoms with Crippen molar-refractivity contribution in [1.29, 1.82) is 0 Å². The lowest BCUT2D eigenvalue weighted by molar-refractivity contribution is -0.0484. The Morgan fingerprint density at radius 3 is 2.60 bits per heavy atom. The van der Waals surface area contributed by atoms with E-state index in [2.05, 4.69) is 19.2 Å². The average molecular weight is 277 g/mol. The van der Waals surface area contributed by atoms with Gasteiger partial charge in [-0.05, 0) is 48.8 Å². The van der Waals surface area contributed by atoms with Gasteiger partial charge in [0.05, 0.1) is 0 Å². The van der Waals surface area contributed by atoms with E-state index in [4.69, 9.17) is 0 Å². The average Bonchev–Trinajstić information content (AvgIpc) is 2.95. The molecule has 4 nitrogen and oxygen atoms in total. The maximum atomic E-state index is 11.3. The van der Waals surface area contributed by atoms with Crippen molar-refractivity contribution in [3.8, 4) is 11.5 Å². The molecule has 4 atom stereocenters. The molecule has 0 radical (unpaired) electrons. The molecule has 0 saturated heterocycles. The monoisotopic (exact) mass is 277 g/mol. The van der Waals surface area contributed by atoms with Crippen LogP contribution < -0.4 is 5.32 Å². The summed E-state index contributed by atoms with van der Waals surface area (Å²) in [5.41, 5.74) is -0.239. The van der Waals surface area contributed by atoms with Crippen LogP contribution in [0, 0.1) is 11.8 Å². The molecule has 1 aromatic rings. The second-order valence-corrected chi connectivity index (χ2v) is 6.60. The van der Waals surface area contributed by atoms with Crippen molar-refractivity contribution in [3.63, 3.8) is 0 Å². The van der Waals surface area contributed by atoms with E-state index in [1.165, 1.54) is 12.1 Å². The van der Waals surface area contributed by atoms with Crippen LogP contribution in [0.5, 0.6) is 11.5 Å². The van der Waals surface area contributed by atoms with Crippen LogP contribution in [0.1, 0.15) is 38.7 Å². The maximum Gasteiger partial charge on any atom is 0.157 e. The minimum absolute atomic E-state index is 0.0187. The number of hydrogen-bond donors (Lipinski definition) is 4. The number of nitrogens with one attached hydrogen (secondary N) is 1. The third kappa shape index (κ3) is 1.90. The first-order valence-electron chi connectivity index (χ1n) is 7.43. The molecule has 0 spiro atoms. The van der Waals surface area contributed by atoms with Crippen LogP contribution in [0.4, 0.5) is 0 Å². The summed E-state index contributed by atoms with van der Waals surface area (Å²) in [5.74, 6) is 0.409. The van der Waals surface area contributed by atoms with Gasteiger partial charge >= 0.3 is 0 Å². The van der Waals surface area contributed by atoms with Crippen molar-refractivity contribution < 1.29 is 15.3 Å². The summed E-state index contributed by atoms with van der Waals surface area (Å²) in [6.07, 6.45) is 3.21. The first-order valence-corrected chi connectivity index (χ1v) is 7.43. The number of phenolic OH excluding ortho intramolecular Hbond substituents is 2. The number of rotatable bonds is 3. The lowest BCUT2D eigenvalue weighted by atomic mass is 9.75. The Kier molecular flexibility index (Phi) is 3.18. The molecule has 0 aliphatic heterocycles. The summed E-state index contributed by atoms with van der Waals surface area (Å²) in [4.78, 5) is 0. The Hall–Kier alpha value is -1.26. The van der Waals surface area contributed by atoms with E-state index in [-0.39, 0.29) is 23.5 Å². The summed E-state index contributed by atoms with van der Waals surface area (Å²) >= 11 is 0. The fourth-order valence-corrected chi connectivity index (χ4v) is 4.14. The van der Waals surface area contributed by atoms with Crippen LogP contribution in [0.3, 0.4) is 0 Å². The molecule has 3 rings (SSSR count). The minimum atomic E-state index is -0.946. The maximum absolute atomic E-state index is 11.3. The largest absolute Gasteiger partial charge is 0.504 e. The number of fused-ring (bicyclic) bond motifs is 2. The van der Waals surface area contributed by atoms with Gasteiger partial charge in [-0.3, -0.25) is 0 Å². The molecule has 1 aromatic carbocycles. The predicted octanol–water partition coefficient (Wildman–Crippen LogP) is 2.08. The van der Waals surface area contributed by atoms with E-state index in [0.717, 1.165) is 19.3 Å². The molecule has 4 N–H and O–H groups in total. The van der Waals surface area contributed by atoms with Gasteiger partial charge in [0, 0.05) is 12.1 Å². The Morgan fingerprint density at radius 2 is 1.95 bits per heavy atom. The van der Waals surface area contributed by atoms with Crippen molar-refractivity contribution in [2.45, 2.75) is 50.8 Å². The van der Waals surface area contributed by atoms with E-state index < -0.39 is 5.60 Å². The lowest BCUT2D eigenvalue weighted by Crippen LogP contribution is -2.54. The van der Waals surface area contributed by atoms with E-state index in [9.17, 15) is 15.3 Å². The zero-order chi connectivity index (χ0) is 14.5. The molecule has 0 amide bonds. The quantitative estimate of drug-likeness (QED) is 0.638. The van der Waals surface area contributed by atoms with Gasteiger partial charge in [0.2, 0.25) is 0 Å². The number of aromatic hydroxyl groups is 2. The summed E-state index contributed by atoms with van der Waals surface area (Å²) in [6, 6.07) is 5.01. The Balaban J connectivity index is 2.00. The molecular formula is C16H23NO3. The van der Waals surface area contributed by atoms with Gasteiger partial charge in [-0.25, -0.2) is 0 Å². The highest BCUT2D eigenvalue weighted by molar-refractivity contribution is 5.44. The van der Waals surface area contributed by atoms with Crippen LogP contribution in [0.25, 0.3) is 0 Å². The Morgan fingerprint density at radius 1 is 1.20 bits per heavy atom. The number of hydrogen-bond acceptors (Lipinski definition) is 4. The Bertz CT molecular complexity index is 516. The molecule has 2 fully saturated rings. The standard InChI is InChI=1S/C16H23NO3/c1-9(2)17-15-10-3-4-11(7-10)16(15,20)12-5-6-13(18)14(19)8-12/h5-6,8-11,15,17-20H,3-4,7H2,1-2H3/t10-,11-,15+,16+/m0/s1. The van der Waals surface area contributed by atoms with Gasteiger partial charge in [-0.2, -0.15) is 0 Å². The van der Waals surface area contributed by atoms with Crippen molar-refractivity contribution in [3.05, 3.63) is 23.8 Å². The lowest BCUT2D eigenvalue weighted by Gasteiger charge is -2.41. The number of benzene rings is 1. The van der Waals surface area contributed by atoms with Crippen LogP contribution in [0.2, 0.25) is 0 Å². The second kappa shape index (κ2) is 4.64. The van der Waals surface area contributed by atoms with Gasteiger partial charge in [0.1, 0.15) is 5.60 Å². The molecular weight excluding hydrogens is 254 g/mol. The number of aliphatic hydroxyl groups is 1. The van der Waals surface area contributed by atoms with E-state index in [1.807, 2.05) is 0 Å². The number of phenols is 2. The first-order chi connectivity index (χ1) is 9.42. The van der Waals surface area contributed by atoms with Crippen LogP contribution in [-0.2, 0) is 5.60 Å². The van der Waals surface area contributed by atoms with Crippen molar-refractivity contribution in [2.75, 3.05) is 0 Å². The summed E-state index contributed by atoms with van der Waals surface area (Å²) in [7, 11) is 0. The van der Waals surface area contributed by atoms with E-state index >= 15 is 0 Å². The van der Waals surface area contributed by atoms with Gasteiger partial charge in [-0.15, -0.1) is 0 Å². The van der Waals surface area contributed by atoms with Gasteiger partial charge < -0.3 is 20.6 Å². The normalized spacial score (nSPS) is 35.9. The van der Waals surface area contributed by atoms with Gasteiger partial charge in [-0.1, -0.05) is 19.9 Å². The molecule has 2 bridgehead atoms. The fraction of sp³-hybridized carbons (Fsp3) is 0.625. The van der Waals surface area contributed by atoms with Gasteiger partial charge in [0.15, 0.2) is 11.5 Å². The fourth-order valence-electron chi connectivity index (χ4n) is 4.14. The van der Waals surface area contributed by atoms with Gasteiger partial charge in [0.25, 0.3) is 0 Å². The molecule has 110 valence electrons. The molecule has 0 unspecified atom stereocenters. The predicted molar refractivity (Wildman–Crippen MR) is 76.6 cm³/mol. The van der Waals surface area contributed by atoms with Crippen LogP contribution >= 0.6 is 0 Å². The van der Waals surface area contributed by atoms with E-state index in [1.54, 1.807) is 6.07 Å². The SMILES string of the molecule is CC(C)N[C@@H]1[C@H]2CC[C@@H](C2)[C@@]1(O)c1ccc(O)c(O)c1. The third-order valence-corrected chi connectivity index (χ3v) is 4.99. The highest BCUT2D eigenvalue weighted by Gasteiger charge is 2.58. The summed E-state index contributed by atoms with van der Waals surface area (Å²) in [5, 5.41) is 34.0.